The molecule has 2 heterocycles. The van der Waals surface area contributed by atoms with Crippen LogP contribution in [0.5, 0.6) is 0 Å². The van der Waals surface area contributed by atoms with E-state index in [2.05, 4.69) is 10.3 Å². The summed E-state index contributed by atoms with van der Waals surface area (Å²) >= 11 is 0. The van der Waals surface area contributed by atoms with Crippen molar-refractivity contribution in [3.63, 3.8) is 0 Å². The molecule has 0 aliphatic carbocycles. The molecule has 0 fully saturated rings. The van der Waals surface area contributed by atoms with Crippen LogP contribution in [0.1, 0.15) is 18.1 Å². The van der Waals surface area contributed by atoms with Crippen molar-refractivity contribution in [3.05, 3.63) is 30.2 Å². The molecule has 4 heteroatoms. The summed E-state index contributed by atoms with van der Waals surface area (Å²) in [7, 11) is 1.94. The number of oxazole rings is 1. The lowest BCUT2D eigenvalue weighted by molar-refractivity contribution is 0.492. The Balaban J connectivity index is 2.05. The fourth-order valence-corrected chi connectivity index (χ4v) is 1.61. The number of nitrogens with one attached hydrogen (secondary N) is 1. The molecule has 4 nitrogen and oxygen atoms in total. The number of hydrogen-bond acceptors (Lipinski definition) is 4. The van der Waals surface area contributed by atoms with E-state index in [-0.39, 0.29) is 0 Å². The lowest BCUT2D eigenvalue weighted by Crippen LogP contribution is -2.08. The summed E-state index contributed by atoms with van der Waals surface area (Å²) in [6.45, 7) is 2.89. The highest BCUT2D eigenvalue weighted by Gasteiger charge is 2.10. The van der Waals surface area contributed by atoms with Crippen molar-refractivity contribution < 1.29 is 8.83 Å². The Morgan fingerprint density at radius 2 is 2.31 bits per heavy atom. The normalized spacial score (nSPS) is 10.9. The molecule has 0 atom stereocenters. The maximum atomic E-state index is 5.66. The summed E-state index contributed by atoms with van der Waals surface area (Å²) in [5, 5.41) is 3.10. The van der Waals surface area contributed by atoms with Crippen molar-refractivity contribution in [2.24, 2.45) is 0 Å². The first-order chi connectivity index (χ1) is 7.81. The molecule has 2 aromatic rings. The third-order valence-electron chi connectivity index (χ3n) is 2.50. The van der Waals surface area contributed by atoms with Gasteiger partial charge in [-0.05, 0) is 33.0 Å². The molecular weight excluding hydrogens is 204 g/mol. The van der Waals surface area contributed by atoms with E-state index < -0.39 is 0 Å². The molecule has 86 valence electrons. The number of furan rings is 1. The number of aryl methyl sites for hydroxylation is 2. The Hall–Kier alpha value is -1.55. The van der Waals surface area contributed by atoms with Gasteiger partial charge in [0.1, 0.15) is 5.76 Å². The molecule has 0 saturated heterocycles. The molecule has 2 aromatic heterocycles. The van der Waals surface area contributed by atoms with Gasteiger partial charge in [-0.25, -0.2) is 4.98 Å². The van der Waals surface area contributed by atoms with Crippen molar-refractivity contribution in [1.29, 1.82) is 0 Å². The van der Waals surface area contributed by atoms with Crippen LogP contribution in [0, 0.1) is 6.92 Å². The minimum atomic E-state index is 0.783. The molecule has 0 unspecified atom stereocenters. The second kappa shape index (κ2) is 4.99. The van der Waals surface area contributed by atoms with E-state index >= 15 is 0 Å². The van der Waals surface area contributed by atoms with Gasteiger partial charge in [0.15, 0.2) is 11.7 Å². The topological polar surface area (TPSA) is 51.2 Å². The summed E-state index contributed by atoms with van der Waals surface area (Å²) in [5.74, 6) is 2.43. The quantitative estimate of drug-likeness (QED) is 0.786. The van der Waals surface area contributed by atoms with Crippen LogP contribution < -0.4 is 5.32 Å². The number of hydrogen-bond donors (Lipinski definition) is 1. The summed E-state index contributed by atoms with van der Waals surface area (Å²) in [4.78, 5) is 4.25. The average Bonchev–Trinajstić information content (AvgIpc) is 2.87. The highest BCUT2D eigenvalue weighted by molar-refractivity contribution is 5.58. The Morgan fingerprint density at radius 1 is 1.44 bits per heavy atom. The summed E-state index contributed by atoms with van der Waals surface area (Å²) in [6, 6.07) is 1.90. The molecule has 1 N–H and O–H groups in total. The third-order valence-corrected chi connectivity index (χ3v) is 2.50. The molecule has 0 radical (unpaired) electrons. The summed E-state index contributed by atoms with van der Waals surface area (Å²) < 4.78 is 10.9. The molecule has 0 aromatic carbocycles. The first-order valence-electron chi connectivity index (χ1n) is 5.45. The molecule has 16 heavy (non-hydrogen) atoms. The Bertz CT molecular complexity index is 445. The van der Waals surface area contributed by atoms with Crippen LogP contribution in [0.2, 0.25) is 0 Å². The average molecular weight is 220 g/mol. The van der Waals surface area contributed by atoms with Gasteiger partial charge >= 0.3 is 0 Å². The summed E-state index contributed by atoms with van der Waals surface area (Å²) in [5.41, 5.74) is 0.979. The third kappa shape index (κ3) is 2.33. The van der Waals surface area contributed by atoms with Crippen LogP contribution in [0.25, 0.3) is 11.3 Å². The molecule has 0 saturated carbocycles. The second-order valence-electron chi connectivity index (χ2n) is 3.72. The van der Waals surface area contributed by atoms with Crippen LogP contribution >= 0.6 is 0 Å². The van der Waals surface area contributed by atoms with Crippen LogP contribution in [-0.2, 0) is 6.42 Å². The van der Waals surface area contributed by atoms with Crippen molar-refractivity contribution in [3.8, 4) is 11.3 Å². The predicted molar refractivity (Wildman–Crippen MR) is 61.2 cm³/mol. The van der Waals surface area contributed by atoms with Crippen LogP contribution in [0.4, 0.5) is 0 Å². The van der Waals surface area contributed by atoms with E-state index in [0.29, 0.717) is 0 Å². The number of rotatable bonds is 5. The zero-order chi connectivity index (χ0) is 11.4. The monoisotopic (exact) mass is 220 g/mol. The molecule has 0 aliphatic heterocycles. The molecular formula is C12H16N2O2. The SMILES string of the molecule is CNCCCc1ncc(-c2ccoc2C)o1. The second-order valence-corrected chi connectivity index (χ2v) is 3.72. The van der Waals surface area contributed by atoms with Gasteiger partial charge in [0.25, 0.3) is 0 Å². The van der Waals surface area contributed by atoms with Gasteiger partial charge in [0.05, 0.1) is 18.0 Å². The van der Waals surface area contributed by atoms with Crippen LogP contribution in [-0.4, -0.2) is 18.6 Å². The number of aromatic nitrogens is 1. The van der Waals surface area contributed by atoms with Gasteiger partial charge in [0, 0.05) is 6.42 Å². The Morgan fingerprint density at radius 3 is 3.00 bits per heavy atom. The van der Waals surface area contributed by atoms with E-state index in [1.165, 1.54) is 0 Å². The lowest BCUT2D eigenvalue weighted by atomic mass is 10.2. The van der Waals surface area contributed by atoms with Gasteiger partial charge in [-0.15, -0.1) is 0 Å². The van der Waals surface area contributed by atoms with Crippen molar-refractivity contribution in [2.75, 3.05) is 13.6 Å². The van der Waals surface area contributed by atoms with E-state index in [0.717, 1.165) is 42.4 Å². The largest absolute Gasteiger partial charge is 0.469 e. The number of nitrogens with zero attached hydrogens (tertiary/aromatic N) is 1. The predicted octanol–water partition coefficient (Wildman–Crippen LogP) is 2.40. The van der Waals surface area contributed by atoms with Gasteiger partial charge in [-0.3, -0.25) is 0 Å². The molecule has 2 rings (SSSR count). The maximum absolute atomic E-state index is 5.66. The molecule has 0 spiro atoms. The van der Waals surface area contributed by atoms with Crippen molar-refractivity contribution in [1.82, 2.24) is 10.3 Å². The summed E-state index contributed by atoms with van der Waals surface area (Å²) in [6.07, 6.45) is 5.30. The smallest absolute Gasteiger partial charge is 0.194 e. The van der Waals surface area contributed by atoms with Crippen molar-refractivity contribution >= 4 is 0 Å². The van der Waals surface area contributed by atoms with Gasteiger partial charge in [0.2, 0.25) is 0 Å². The molecule has 0 amide bonds. The minimum absolute atomic E-state index is 0.783. The highest BCUT2D eigenvalue weighted by atomic mass is 16.4. The van der Waals surface area contributed by atoms with Gasteiger partial charge in [-0.2, -0.15) is 0 Å². The minimum Gasteiger partial charge on any atom is -0.469 e. The van der Waals surface area contributed by atoms with E-state index in [1.54, 1.807) is 12.5 Å². The lowest BCUT2D eigenvalue weighted by Gasteiger charge is -1.95. The van der Waals surface area contributed by atoms with E-state index in [1.807, 2.05) is 20.0 Å². The first-order valence-corrected chi connectivity index (χ1v) is 5.45. The molecule has 0 bridgehead atoms. The fourth-order valence-electron chi connectivity index (χ4n) is 1.61. The first kappa shape index (κ1) is 11.0. The van der Waals surface area contributed by atoms with Crippen LogP contribution in [0.15, 0.2) is 27.4 Å². The fraction of sp³-hybridized carbons (Fsp3) is 0.417. The standard InChI is InChI=1S/C12H16N2O2/c1-9-10(5-7-15-9)11-8-14-12(16-11)4-3-6-13-2/h5,7-8,13H,3-4,6H2,1-2H3. The Kier molecular flexibility index (Phi) is 3.41. The van der Waals surface area contributed by atoms with Gasteiger partial charge < -0.3 is 14.2 Å². The maximum Gasteiger partial charge on any atom is 0.194 e. The van der Waals surface area contributed by atoms with E-state index in [9.17, 15) is 0 Å². The van der Waals surface area contributed by atoms with Gasteiger partial charge in [-0.1, -0.05) is 0 Å². The molecule has 0 aliphatic rings. The van der Waals surface area contributed by atoms with Crippen molar-refractivity contribution in [2.45, 2.75) is 19.8 Å². The van der Waals surface area contributed by atoms with Crippen LogP contribution in [0.3, 0.4) is 0 Å². The van der Waals surface area contributed by atoms with E-state index in [4.69, 9.17) is 8.83 Å². The zero-order valence-corrected chi connectivity index (χ0v) is 9.62. The zero-order valence-electron chi connectivity index (χ0n) is 9.62. The highest BCUT2D eigenvalue weighted by Crippen LogP contribution is 2.25. The Labute approximate surface area is 94.7 Å².